The number of rotatable bonds is 4. The average molecular weight is 384 g/mol. The summed E-state index contributed by atoms with van der Waals surface area (Å²) in [6.45, 7) is 4.03. The summed E-state index contributed by atoms with van der Waals surface area (Å²) in [7, 11) is 0. The first-order valence-corrected chi connectivity index (χ1v) is 7.08. The number of hydrogen-bond donors (Lipinski definition) is 1. The number of hydrogen-bond acceptors (Lipinski definition) is 4. The minimum atomic E-state index is -1.03. The number of carboxylic acids is 1. The summed E-state index contributed by atoms with van der Waals surface area (Å²) in [6, 6.07) is 6.69. The number of halogens is 1. The summed E-state index contributed by atoms with van der Waals surface area (Å²) in [5.74, 6) is -0.175. The molecule has 0 fully saturated rings. The lowest BCUT2D eigenvalue weighted by molar-refractivity contribution is 0.0694. The van der Waals surface area contributed by atoms with Gasteiger partial charge in [-0.25, -0.2) is 14.8 Å². The third kappa shape index (κ3) is 3.44. The van der Waals surface area contributed by atoms with Gasteiger partial charge >= 0.3 is 5.97 Å². The van der Waals surface area contributed by atoms with Gasteiger partial charge in [0.2, 0.25) is 5.88 Å². The fourth-order valence-corrected chi connectivity index (χ4v) is 2.09. The van der Waals surface area contributed by atoms with E-state index in [2.05, 4.69) is 32.6 Å². The largest absolute Gasteiger partial charge is 0.478 e. The van der Waals surface area contributed by atoms with Crippen molar-refractivity contribution in [3.05, 3.63) is 45.4 Å². The van der Waals surface area contributed by atoms with Crippen LogP contribution in [0.1, 0.15) is 35.8 Å². The molecule has 0 amide bonds. The number of carboxylic acid groups (broad SMARTS) is 1. The van der Waals surface area contributed by atoms with Gasteiger partial charge in [0.15, 0.2) is 0 Å². The van der Waals surface area contributed by atoms with Crippen molar-refractivity contribution < 1.29 is 14.6 Å². The number of ether oxygens (including phenoxy) is 1. The van der Waals surface area contributed by atoms with Crippen LogP contribution in [0.25, 0.3) is 0 Å². The fraction of sp³-hybridized carbons (Fsp3) is 0.214. The maximum atomic E-state index is 11.2. The zero-order valence-electron chi connectivity index (χ0n) is 11.0. The summed E-state index contributed by atoms with van der Waals surface area (Å²) in [5, 5.41) is 9.19. The van der Waals surface area contributed by atoms with Crippen molar-refractivity contribution in [3.63, 3.8) is 0 Å². The molecule has 1 aromatic heterocycles. The third-order valence-electron chi connectivity index (χ3n) is 2.64. The van der Waals surface area contributed by atoms with E-state index in [0.29, 0.717) is 5.88 Å². The number of aromatic carboxylic acids is 1. The summed E-state index contributed by atoms with van der Waals surface area (Å²) in [5.41, 5.74) is 0.957. The van der Waals surface area contributed by atoms with Crippen molar-refractivity contribution >= 4 is 28.6 Å². The lowest BCUT2D eigenvalue weighted by atomic mass is 10.1. The molecule has 0 atom stereocenters. The molecule has 0 bridgehead atoms. The highest BCUT2D eigenvalue weighted by Gasteiger charge is 2.14. The number of carbonyl (C=O) groups is 1. The smallest absolute Gasteiger partial charge is 0.339 e. The van der Waals surface area contributed by atoms with Crippen molar-refractivity contribution in [2.24, 2.45) is 0 Å². The maximum Gasteiger partial charge on any atom is 0.339 e. The Hall–Kier alpha value is -1.70. The SMILES string of the molecule is CC(C)c1cc(Oc2ccc(I)cc2C(=O)O)ncn1. The molecule has 0 unspecified atom stereocenters. The Morgan fingerprint density at radius 3 is 2.70 bits per heavy atom. The number of aromatic nitrogens is 2. The van der Waals surface area contributed by atoms with Crippen LogP contribution in [0.4, 0.5) is 0 Å². The van der Waals surface area contributed by atoms with E-state index >= 15 is 0 Å². The Morgan fingerprint density at radius 2 is 2.05 bits per heavy atom. The standard InChI is InChI=1S/C14H13IN2O3/c1-8(2)11-6-13(17-7-16-11)20-12-4-3-9(15)5-10(12)14(18)19/h3-8H,1-2H3,(H,18,19). The molecule has 6 heteroatoms. The van der Waals surface area contributed by atoms with Crippen LogP contribution in [-0.4, -0.2) is 21.0 Å². The molecule has 1 aromatic carbocycles. The first-order valence-electron chi connectivity index (χ1n) is 6.00. The summed E-state index contributed by atoms with van der Waals surface area (Å²) < 4.78 is 6.41. The van der Waals surface area contributed by atoms with Crippen LogP contribution in [-0.2, 0) is 0 Å². The molecule has 0 aliphatic carbocycles. The molecular weight excluding hydrogens is 371 g/mol. The zero-order valence-corrected chi connectivity index (χ0v) is 13.2. The number of nitrogens with zero attached hydrogens (tertiary/aromatic N) is 2. The van der Waals surface area contributed by atoms with E-state index in [0.717, 1.165) is 9.26 Å². The van der Waals surface area contributed by atoms with Crippen molar-refractivity contribution in [3.8, 4) is 11.6 Å². The normalized spacial score (nSPS) is 10.6. The highest BCUT2D eigenvalue weighted by atomic mass is 127. The summed E-state index contributed by atoms with van der Waals surface area (Å²) >= 11 is 2.06. The third-order valence-corrected chi connectivity index (χ3v) is 3.31. The Balaban J connectivity index is 2.35. The molecule has 0 aliphatic rings. The second-order valence-corrected chi connectivity index (χ2v) is 5.73. The second-order valence-electron chi connectivity index (χ2n) is 4.48. The van der Waals surface area contributed by atoms with Crippen LogP contribution in [0.3, 0.4) is 0 Å². The van der Waals surface area contributed by atoms with Crippen molar-refractivity contribution in [2.75, 3.05) is 0 Å². The lowest BCUT2D eigenvalue weighted by Crippen LogP contribution is -2.02. The van der Waals surface area contributed by atoms with E-state index in [1.165, 1.54) is 6.33 Å². The Labute approximate surface area is 130 Å². The van der Waals surface area contributed by atoms with Gasteiger partial charge in [-0.3, -0.25) is 0 Å². The average Bonchev–Trinajstić information content (AvgIpc) is 2.41. The first kappa shape index (κ1) is 14.7. The van der Waals surface area contributed by atoms with E-state index in [1.807, 2.05) is 13.8 Å². The molecular formula is C14H13IN2O3. The van der Waals surface area contributed by atoms with E-state index in [9.17, 15) is 9.90 Å². The Bertz CT molecular complexity index is 644. The highest BCUT2D eigenvalue weighted by molar-refractivity contribution is 14.1. The molecule has 20 heavy (non-hydrogen) atoms. The molecule has 0 aliphatic heterocycles. The van der Waals surface area contributed by atoms with Gasteiger partial charge in [-0.2, -0.15) is 0 Å². The maximum absolute atomic E-state index is 11.2. The minimum Gasteiger partial charge on any atom is -0.478 e. The zero-order chi connectivity index (χ0) is 14.7. The van der Waals surface area contributed by atoms with Crippen molar-refractivity contribution in [2.45, 2.75) is 19.8 Å². The van der Waals surface area contributed by atoms with Gasteiger partial charge in [-0.15, -0.1) is 0 Å². The number of benzene rings is 1. The van der Waals surface area contributed by atoms with Gasteiger partial charge in [0.25, 0.3) is 0 Å². The van der Waals surface area contributed by atoms with Gasteiger partial charge in [-0.1, -0.05) is 13.8 Å². The first-order chi connectivity index (χ1) is 9.47. The molecule has 0 saturated carbocycles. The van der Waals surface area contributed by atoms with E-state index in [1.54, 1.807) is 24.3 Å². The van der Waals surface area contributed by atoms with Crippen molar-refractivity contribution in [1.29, 1.82) is 0 Å². The van der Waals surface area contributed by atoms with Crippen LogP contribution in [0.5, 0.6) is 11.6 Å². The summed E-state index contributed by atoms with van der Waals surface area (Å²) in [6.07, 6.45) is 1.41. The lowest BCUT2D eigenvalue weighted by Gasteiger charge is -2.10. The second kappa shape index (κ2) is 6.17. The van der Waals surface area contributed by atoms with Gasteiger partial charge in [-0.05, 0) is 46.7 Å². The van der Waals surface area contributed by atoms with Crippen LogP contribution in [0.15, 0.2) is 30.6 Å². The topological polar surface area (TPSA) is 72.3 Å². The molecule has 1 N–H and O–H groups in total. The van der Waals surface area contributed by atoms with Gasteiger partial charge < -0.3 is 9.84 Å². The van der Waals surface area contributed by atoms with Gasteiger partial charge in [0.05, 0.1) is 5.69 Å². The molecule has 5 nitrogen and oxygen atoms in total. The highest BCUT2D eigenvalue weighted by Crippen LogP contribution is 2.26. The van der Waals surface area contributed by atoms with Crippen molar-refractivity contribution in [1.82, 2.24) is 9.97 Å². The van der Waals surface area contributed by atoms with E-state index < -0.39 is 5.97 Å². The molecule has 1 heterocycles. The molecule has 0 radical (unpaired) electrons. The predicted octanol–water partition coefficient (Wildman–Crippen LogP) is 3.70. The fourth-order valence-electron chi connectivity index (χ4n) is 1.60. The monoisotopic (exact) mass is 384 g/mol. The van der Waals surface area contributed by atoms with Crippen LogP contribution < -0.4 is 4.74 Å². The minimum absolute atomic E-state index is 0.113. The molecule has 2 rings (SSSR count). The molecule has 104 valence electrons. The molecule has 0 saturated heterocycles. The van der Waals surface area contributed by atoms with Crippen LogP contribution in [0, 0.1) is 3.57 Å². The van der Waals surface area contributed by atoms with Gasteiger partial charge in [0, 0.05) is 9.64 Å². The van der Waals surface area contributed by atoms with Gasteiger partial charge in [0.1, 0.15) is 17.6 Å². The quantitative estimate of drug-likeness (QED) is 0.814. The Morgan fingerprint density at radius 1 is 1.30 bits per heavy atom. The van der Waals surface area contributed by atoms with E-state index in [-0.39, 0.29) is 17.2 Å². The molecule has 2 aromatic rings. The summed E-state index contributed by atoms with van der Waals surface area (Å²) in [4.78, 5) is 19.4. The molecule has 0 spiro atoms. The predicted molar refractivity (Wildman–Crippen MR) is 82.3 cm³/mol. The van der Waals surface area contributed by atoms with Crippen LogP contribution in [0.2, 0.25) is 0 Å². The Kier molecular flexibility index (Phi) is 4.53. The van der Waals surface area contributed by atoms with E-state index in [4.69, 9.17) is 4.74 Å². The van der Waals surface area contributed by atoms with Crippen LogP contribution >= 0.6 is 22.6 Å².